The van der Waals surface area contributed by atoms with Crippen LogP contribution in [0, 0.1) is 5.82 Å². The van der Waals surface area contributed by atoms with Crippen molar-refractivity contribution in [2.45, 2.75) is 0 Å². The predicted molar refractivity (Wildman–Crippen MR) is 68.3 cm³/mol. The molecule has 18 heavy (non-hydrogen) atoms. The van der Waals surface area contributed by atoms with Crippen molar-refractivity contribution in [3.05, 3.63) is 53.4 Å². The molecule has 0 spiro atoms. The molecular formula is C12H9ClFN3O. The molecule has 2 aromatic rings. The summed E-state index contributed by atoms with van der Waals surface area (Å²) in [4.78, 5) is 15.5. The highest BCUT2D eigenvalue weighted by Crippen LogP contribution is 2.18. The zero-order valence-electron chi connectivity index (χ0n) is 9.15. The molecule has 1 heterocycles. The van der Waals surface area contributed by atoms with Crippen LogP contribution in [0.25, 0.3) is 0 Å². The molecule has 2 amide bonds. The summed E-state index contributed by atoms with van der Waals surface area (Å²) in [6, 6.07) is 8.50. The van der Waals surface area contributed by atoms with Crippen molar-refractivity contribution in [1.29, 1.82) is 0 Å². The molecule has 6 heteroatoms. The van der Waals surface area contributed by atoms with E-state index in [4.69, 9.17) is 11.6 Å². The normalized spacial score (nSPS) is 9.89. The third-order valence-electron chi connectivity index (χ3n) is 2.09. The summed E-state index contributed by atoms with van der Waals surface area (Å²) in [5.41, 5.74) is 0.0489. The van der Waals surface area contributed by atoms with Crippen LogP contribution in [0.2, 0.25) is 5.02 Å². The fourth-order valence-electron chi connectivity index (χ4n) is 1.30. The van der Waals surface area contributed by atoms with E-state index in [0.29, 0.717) is 5.82 Å². The molecule has 0 saturated carbocycles. The number of hydrogen-bond acceptors (Lipinski definition) is 2. The number of benzene rings is 1. The third-order valence-corrected chi connectivity index (χ3v) is 2.32. The lowest BCUT2D eigenvalue weighted by atomic mass is 10.3. The van der Waals surface area contributed by atoms with E-state index in [2.05, 4.69) is 15.6 Å². The topological polar surface area (TPSA) is 54.0 Å². The van der Waals surface area contributed by atoms with E-state index in [0.717, 1.165) is 6.07 Å². The molecule has 0 aliphatic heterocycles. The van der Waals surface area contributed by atoms with Crippen LogP contribution in [0.1, 0.15) is 0 Å². The van der Waals surface area contributed by atoms with E-state index < -0.39 is 11.8 Å². The van der Waals surface area contributed by atoms with Crippen molar-refractivity contribution in [3.8, 4) is 0 Å². The number of halogens is 2. The second-order valence-electron chi connectivity index (χ2n) is 3.42. The first kappa shape index (κ1) is 12.3. The standard InChI is InChI=1S/C12H9ClFN3O/c13-8-4-5-10(9(14)7-8)16-12(18)17-11-3-1-2-6-15-11/h1-7H,(H2,15,16,17,18). The zero-order chi connectivity index (χ0) is 13.0. The van der Waals surface area contributed by atoms with Gasteiger partial charge in [-0.1, -0.05) is 17.7 Å². The van der Waals surface area contributed by atoms with Gasteiger partial charge >= 0.3 is 6.03 Å². The highest BCUT2D eigenvalue weighted by molar-refractivity contribution is 6.30. The van der Waals surface area contributed by atoms with E-state index in [-0.39, 0.29) is 10.7 Å². The maximum Gasteiger partial charge on any atom is 0.324 e. The monoisotopic (exact) mass is 265 g/mol. The van der Waals surface area contributed by atoms with Gasteiger partial charge in [-0.25, -0.2) is 14.2 Å². The first-order chi connectivity index (χ1) is 8.65. The first-order valence-corrected chi connectivity index (χ1v) is 5.47. The largest absolute Gasteiger partial charge is 0.324 e. The molecule has 0 aliphatic rings. The lowest BCUT2D eigenvalue weighted by molar-refractivity contribution is 0.262. The maximum atomic E-state index is 13.4. The molecule has 4 nitrogen and oxygen atoms in total. The summed E-state index contributed by atoms with van der Waals surface area (Å²) in [5, 5.41) is 5.10. The molecule has 0 aliphatic carbocycles. The number of carbonyl (C=O) groups excluding carboxylic acids is 1. The lowest BCUT2D eigenvalue weighted by Crippen LogP contribution is -2.20. The van der Waals surface area contributed by atoms with E-state index in [1.807, 2.05) is 0 Å². The maximum absolute atomic E-state index is 13.4. The minimum Gasteiger partial charge on any atom is -0.305 e. The number of aromatic nitrogens is 1. The Kier molecular flexibility index (Phi) is 3.74. The molecule has 0 fully saturated rings. The molecule has 2 N–H and O–H groups in total. The number of urea groups is 1. The van der Waals surface area contributed by atoms with Gasteiger partial charge in [-0.15, -0.1) is 0 Å². The first-order valence-electron chi connectivity index (χ1n) is 5.09. The van der Waals surface area contributed by atoms with Crippen LogP contribution in [0.15, 0.2) is 42.6 Å². The van der Waals surface area contributed by atoms with Gasteiger partial charge in [-0.05, 0) is 30.3 Å². The number of amides is 2. The quantitative estimate of drug-likeness (QED) is 0.873. The van der Waals surface area contributed by atoms with Crippen LogP contribution in [-0.4, -0.2) is 11.0 Å². The number of nitrogens with one attached hydrogen (secondary N) is 2. The number of carbonyl (C=O) groups is 1. The van der Waals surface area contributed by atoms with Crippen molar-refractivity contribution in [2.75, 3.05) is 10.6 Å². The van der Waals surface area contributed by atoms with Gasteiger partial charge in [0.15, 0.2) is 0 Å². The SMILES string of the molecule is O=C(Nc1ccccn1)Nc1ccc(Cl)cc1F. The van der Waals surface area contributed by atoms with Crippen molar-refractivity contribution in [3.63, 3.8) is 0 Å². The van der Waals surface area contributed by atoms with E-state index in [1.54, 1.807) is 24.4 Å². The Labute approximate surface area is 108 Å². The smallest absolute Gasteiger partial charge is 0.305 e. The van der Waals surface area contributed by atoms with Gasteiger partial charge in [0.1, 0.15) is 11.6 Å². The van der Waals surface area contributed by atoms with Gasteiger partial charge in [-0.3, -0.25) is 5.32 Å². The number of pyridine rings is 1. The molecule has 0 saturated heterocycles. The fraction of sp³-hybridized carbons (Fsp3) is 0. The summed E-state index contributed by atoms with van der Waals surface area (Å²) in [5.74, 6) is -0.219. The number of rotatable bonds is 2. The van der Waals surface area contributed by atoms with Crippen molar-refractivity contribution < 1.29 is 9.18 Å². The van der Waals surface area contributed by atoms with E-state index >= 15 is 0 Å². The molecule has 0 atom stereocenters. The highest BCUT2D eigenvalue weighted by Gasteiger charge is 2.07. The van der Waals surface area contributed by atoms with Crippen LogP contribution < -0.4 is 10.6 Å². The molecule has 1 aromatic heterocycles. The second-order valence-corrected chi connectivity index (χ2v) is 3.85. The van der Waals surface area contributed by atoms with Gasteiger partial charge in [-0.2, -0.15) is 0 Å². The molecule has 2 rings (SSSR count). The minimum atomic E-state index is -0.598. The van der Waals surface area contributed by atoms with Crippen molar-refractivity contribution in [1.82, 2.24) is 4.98 Å². The molecule has 92 valence electrons. The third kappa shape index (κ3) is 3.18. The van der Waals surface area contributed by atoms with Gasteiger partial charge in [0.2, 0.25) is 0 Å². The molecular weight excluding hydrogens is 257 g/mol. The summed E-state index contributed by atoms with van der Waals surface area (Å²) < 4.78 is 13.4. The zero-order valence-corrected chi connectivity index (χ0v) is 9.91. The second kappa shape index (κ2) is 5.46. The van der Waals surface area contributed by atoms with Crippen LogP contribution in [0.4, 0.5) is 20.7 Å². The van der Waals surface area contributed by atoms with Gasteiger partial charge in [0, 0.05) is 11.2 Å². The number of anilines is 2. The average Bonchev–Trinajstić information content (AvgIpc) is 2.34. The lowest BCUT2D eigenvalue weighted by Gasteiger charge is -2.07. The number of hydrogen-bond donors (Lipinski definition) is 2. The van der Waals surface area contributed by atoms with Crippen LogP contribution in [0.3, 0.4) is 0 Å². The van der Waals surface area contributed by atoms with Gasteiger partial charge in [0.05, 0.1) is 5.69 Å². The average molecular weight is 266 g/mol. The Bertz CT molecular complexity index is 563. The summed E-state index contributed by atoms with van der Waals surface area (Å²) in [6.45, 7) is 0. The van der Waals surface area contributed by atoms with Crippen molar-refractivity contribution >= 4 is 29.1 Å². The summed E-state index contributed by atoms with van der Waals surface area (Å²) in [6.07, 6.45) is 1.54. The summed E-state index contributed by atoms with van der Waals surface area (Å²) >= 11 is 5.60. The number of nitrogens with zero attached hydrogens (tertiary/aromatic N) is 1. The Hall–Kier alpha value is -2.14. The van der Waals surface area contributed by atoms with Crippen LogP contribution >= 0.6 is 11.6 Å². The molecule has 0 bridgehead atoms. The van der Waals surface area contributed by atoms with Crippen LogP contribution in [0.5, 0.6) is 0 Å². The Balaban J connectivity index is 2.03. The van der Waals surface area contributed by atoms with Gasteiger partial charge in [0.25, 0.3) is 0 Å². The Morgan fingerprint density at radius 2 is 2.06 bits per heavy atom. The van der Waals surface area contributed by atoms with E-state index in [1.165, 1.54) is 12.1 Å². The van der Waals surface area contributed by atoms with E-state index in [9.17, 15) is 9.18 Å². The molecule has 0 unspecified atom stereocenters. The van der Waals surface area contributed by atoms with Crippen molar-refractivity contribution in [2.24, 2.45) is 0 Å². The molecule has 0 radical (unpaired) electrons. The highest BCUT2D eigenvalue weighted by atomic mass is 35.5. The molecule has 1 aromatic carbocycles. The Morgan fingerprint density at radius 1 is 1.22 bits per heavy atom. The predicted octanol–water partition coefficient (Wildman–Crippen LogP) is 3.52. The van der Waals surface area contributed by atoms with Crippen LogP contribution in [-0.2, 0) is 0 Å². The fourth-order valence-corrected chi connectivity index (χ4v) is 1.46. The summed E-state index contributed by atoms with van der Waals surface area (Å²) in [7, 11) is 0. The minimum absolute atomic E-state index is 0.0489. The Morgan fingerprint density at radius 3 is 2.72 bits per heavy atom. The van der Waals surface area contributed by atoms with Gasteiger partial charge < -0.3 is 5.32 Å².